The molecule has 2 aromatic rings. The van der Waals surface area contributed by atoms with Gasteiger partial charge in [-0.15, -0.1) is 11.3 Å². The smallest absolute Gasteiger partial charge is 0.251 e. The van der Waals surface area contributed by atoms with Crippen LogP contribution in [0, 0.1) is 0 Å². The van der Waals surface area contributed by atoms with E-state index in [2.05, 4.69) is 10.6 Å². The molecule has 0 saturated heterocycles. The van der Waals surface area contributed by atoms with E-state index in [1.807, 2.05) is 18.2 Å². The highest BCUT2D eigenvalue weighted by Crippen LogP contribution is 2.44. The molecule has 1 aliphatic carbocycles. The van der Waals surface area contributed by atoms with Crippen LogP contribution in [0.5, 0.6) is 0 Å². The summed E-state index contributed by atoms with van der Waals surface area (Å²) >= 11 is 2.60. The number of hydrogen-bond acceptors (Lipinski definition) is 5. The molecule has 1 aliphatic heterocycles. The summed E-state index contributed by atoms with van der Waals surface area (Å²) in [5.74, 6) is -1.38. The number of fused-ring (bicyclic) bond motifs is 2. The Morgan fingerprint density at radius 3 is 2.74 bits per heavy atom. The molecule has 0 spiro atoms. The van der Waals surface area contributed by atoms with Gasteiger partial charge in [-0.05, 0) is 50.3 Å². The Morgan fingerprint density at radius 1 is 1.22 bits per heavy atom. The normalized spacial score (nSPS) is 21.0. The largest absolute Gasteiger partial charge is 0.365 e. The predicted octanol–water partition coefficient (Wildman–Crippen LogP) is 3.17. The molecule has 8 heteroatoms. The first-order chi connectivity index (χ1) is 12.9. The van der Waals surface area contributed by atoms with Crippen LogP contribution in [-0.2, 0) is 22.4 Å². The average molecular weight is 402 g/mol. The van der Waals surface area contributed by atoms with Crippen molar-refractivity contribution in [2.45, 2.75) is 42.2 Å². The molecular weight excluding hydrogens is 382 g/mol. The van der Waals surface area contributed by atoms with Crippen LogP contribution in [0.25, 0.3) is 0 Å². The van der Waals surface area contributed by atoms with Crippen LogP contribution in [0.2, 0.25) is 0 Å². The van der Waals surface area contributed by atoms with Crippen LogP contribution in [0.3, 0.4) is 0 Å². The van der Waals surface area contributed by atoms with Gasteiger partial charge < -0.3 is 16.4 Å². The molecule has 1 aromatic heterocycles. The Balaban J connectivity index is 1.66. The molecule has 1 atom stereocenters. The van der Waals surface area contributed by atoms with E-state index in [4.69, 9.17) is 5.73 Å². The van der Waals surface area contributed by atoms with Crippen molar-refractivity contribution in [3.05, 3.63) is 40.3 Å². The maximum Gasteiger partial charge on any atom is 0.251 e. The van der Waals surface area contributed by atoms with Gasteiger partial charge in [0.05, 0.1) is 11.3 Å². The average Bonchev–Trinajstić information content (AvgIpc) is 3.00. The molecule has 6 nitrogen and oxygen atoms in total. The number of nitrogens with one attached hydrogen (secondary N) is 2. The van der Waals surface area contributed by atoms with Crippen LogP contribution in [0.15, 0.2) is 29.2 Å². The first-order valence-corrected chi connectivity index (χ1v) is 10.4. The molecule has 1 aromatic carbocycles. The molecule has 2 heterocycles. The van der Waals surface area contributed by atoms with Crippen molar-refractivity contribution in [3.8, 4) is 0 Å². The lowest BCUT2D eigenvalue weighted by molar-refractivity contribution is -0.126. The SMILES string of the molecule is CC1(C(=O)Nc2sc3c(c2C(N)=O)CCCC3)Sc2ccccc2NC1=O. The Bertz CT molecular complexity index is 969. The zero-order valence-corrected chi connectivity index (χ0v) is 16.4. The number of nitrogens with two attached hydrogens (primary N) is 1. The fourth-order valence-corrected chi connectivity index (χ4v) is 5.85. The van der Waals surface area contributed by atoms with E-state index in [9.17, 15) is 14.4 Å². The number of aryl methyl sites for hydroxylation is 1. The van der Waals surface area contributed by atoms with E-state index < -0.39 is 16.6 Å². The molecular formula is C19H19N3O3S2. The summed E-state index contributed by atoms with van der Waals surface area (Å²) in [6.07, 6.45) is 3.74. The highest BCUT2D eigenvalue weighted by molar-refractivity contribution is 8.02. The third-order valence-corrected chi connectivity index (χ3v) is 7.52. The lowest BCUT2D eigenvalue weighted by Crippen LogP contribution is -2.49. The zero-order chi connectivity index (χ0) is 19.2. The zero-order valence-electron chi connectivity index (χ0n) is 14.8. The second kappa shape index (κ2) is 6.69. The number of hydrogen-bond donors (Lipinski definition) is 3. The van der Waals surface area contributed by atoms with E-state index in [1.165, 1.54) is 23.1 Å². The van der Waals surface area contributed by atoms with Gasteiger partial charge in [0, 0.05) is 9.77 Å². The summed E-state index contributed by atoms with van der Waals surface area (Å²) in [5.41, 5.74) is 7.64. The summed E-state index contributed by atoms with van der Waals surface area (Å²) in [6.45, 7) is 1.59. The molecule has 1 unspecified atom stereocenters. The lowest BCUT2D eigenvalue weighted by Gasteiger charge is -2.31. The summed E-state index contributed by atoms with van der Waals surface area (Å²) in [4.78, 5) is 39.6. The lowest BCUT2D eigenvalue weighted by atomic mass is 9.95. The number of rotatable bonds is 3. The summed E-state index contributed by atoms with van der Waals surface area (Å²) < 4.78 is -1.34. The highest BCUT2D eigenvalue weighted by atomic mass is 32.2. The van der Waals surface area contributed by atoms with Gasteiger partial charge in [0.2, 0.25) is 5.91 Å². The Labute approximate surface area is 164 Å². The van der Waals surface area contributed by atoms with Gasteiger partial charge >= 0.3 is 0 Å². The molecule has 27 heavy (non-hydrogen) atoms. The molecule has 0 fully saturated rings. The number of primary amides is 1. The Hall–Kier alpha value is -2.32. The fourth-order valence-electron chi connectivity index (χ4n) is 3.45. The number of para-hydroxylation sites is 1. The molecule has 4 rings (SSSR count). The quantitative estimate of drug-likeness (QED) is 0.688. The molecule has 140 valence electrons. The molecule has 0 saturated carbocycles. The van der Waals surface area contributed by atoms with Crippen LogP contribution in [0.1, 0.15) is 40.6 Å². The molecule has 4 N–H and O–H groups in total. The third-order valence-electron chi connectivity index (χ3n) is 4.96. The number of carbonyl (C=O) groups is 3. The molecule has 0 bridgehead atoms. The summed E-state index contributed by atoms with van der Waals surface area (Å²) in [6, 6.07) is 7.36. The first kappa shape index (κ1) is 18.1. The maximum atomic E-state index is 13.1. The van der Waals surface area contributed by atoms with Crippen LogP contribution >= 0.6 is 23.1 Å². The first-order valence-electron chi connectivity index (χ1n) is 8.75. The second-order valence-corrected chi connectivity index (χ2v) is 9.38. The van der Waals surface area contributed by atoms with Gasteiger partial charge in [0.15, 0.2) is 4.75 Å². The van der Waals surface area contributed by atoms with Gasteiger partial charge in [0.1, 0.15) is 5.00 Å². The van der Waals surface area contributed by atoms with Crippen molar-refractivity contribution in [2.24, 2.45) is 5.73 Å². The summed E-state index contributed by atoms with van der Waals surface area (Å²) in [5, 5.41) is 6.06. The molecule has 0 radical (unpaired) electrons. The topological polar surface area (TPSA) is 101 Å². The molecule has 2 aliphatic rings. The minimum atomic E-state index is -1.34. The van der Waals surface area contributed by atoms with E-state index >= 15 is 0 Å². The van der Waals surface area contributed by atoms with E-state index in [1.54, 1.807) is 13.0 Å². The van der Waals surface area contributed by atoms with Crippen molar-refractivity contribution in [1.82, 2.24) is 0 Å². The van der Waals surface area contributed by atoms with E-state index in [0.717, 1.165) is 41.0 Å². The van der Waals surface area contributed by atoms with Gasteiger partial charge in [-0.1, -0.05) is 23.9 Å². The second-order valence-electron chi connectivity index (χ2n) is 6.82. The monoisotopic (exact) mass is 401 g/mol. The summed E-state index contributed by atoms with van der Waals surface area (Å²) in [7, 11) is 0. The van der Waals surface area contributed by atoms with Crippen molar-refractivity contribution < 1.29 is 14.4 Å². The Kier molecular flexibility index (Phi) is 4.47. The van der Waals surface area contributed by atoms with Crippen molar-refractivity contribution in [3.63, 3.8) is 0 Å². The number of carbonyl (C=O) groups excluding carboxylic acids is 3. The maximum absolute atomic E-state index is 13.1. The van der Waals surface area contributed by atoms with Crippen molar-refractivity contribution >= 4 is 51.5 Å². The number of amides is 3. The van der Waals surface area contributed by atoms with E-state index in [-0.39, 0.29) is 5.91 Å². The van der Waals surface area contributed by atoms with E-state index in [0.29, 0.717) is 16.3 Å². The standard InChI is InChI=1S/C19H19N3O3S2/c1-19(17(24)21-11-7-3-5-9-13(11)27-19)18(25)22-16-14(15(20)23)10-6-2-4-8-12(10)26-16/h3,5,7,9H,2,4,6,8H2,1H3,(H2,20,23)(H,21,24)(H,22,25). The van der Waals surface area contributed by atoms with Crippen molar-refractivity contribution in [2.75, 3.05) is 10.6 Å². The van der Waals surface area contributed by atoms with Crippen LogP contribution < -0.4 is 16.4 Å². The highest BCUT2D eigenvalue weighted by Gasteiger charge is 2.46. The molecule has 3 amide bonds. The Morgan fingerprint density at radius 2 is 1.96 bits per heavy atom. The number of benzene rings is 1. The minimum Gasteiger partial charge on any atom is -0.365 e. The fraction of sp³-hybridized carbons (Fsp3) is 0.316. The number of anilines is 2. The van der Waals surface area contributed by atoms with Gasteiger partial charge in [0.25, 0.3) is 11.8 Å². The predicted molar refractivity (Wildman–Crippen MR) is 107 cm³/mol. The number of thiophene rings is 1. The van der Waals surface area contributed by atoms with Gasteiger partial charge in [-0.25, -0.2) is 0 Å². The van der Waals surface area contributed by atoms with Crippen molar-refractivity contribution in [1.29, 1.82) is 0 Å². The minimum absolute atomic E-state index is 0.384. The van der Waals surface area contributed by atoms with Gasteiger partial charge in [-0.3, -0.25) is 14.4 Å². The van der Waals surface area contributed by atoms with Crippen LogP contribution in [-0.4, -0.2) is 22.5 Å². The van der Waals surface area contributed by atoms with Gasteiger partial charge in [-0.2, -0.15) is 0 Å². The third kappa shape index (κ3) is 3.02. The number of thioether (sulfide) groups is 1. The van der Waals surface area contributed by atoms with Crippen LogP contribution in [0.4, 0.5) is 10.7 Å².